The molecule has 4 aliphatic rings. The van der Waals surface area contributed by atoms with Crippen LogP contribution in [0.4, 0.5) is 0 Å². The molecule has 168 valence electrons. The summed E-state index contributed by atoms with van der Waals surface area (Å²) in [4.78, 5) is 0. The number of fused-ring (bicyclic) bond motifs is 5. The van der Waals surface area contributed by atoms with E-state index in [1.807, 2.05) is 4.68 Å². The third-order valence-corrected chi connectivity index (χ3v) is 9.82. The standard InChI is InChI=1S/C29H36N2O/c1-19-4-7-21(8-5-19)31-17-14-27(30-31)26-11-10-24-23-9-6-20-18-22(32)12-15-28(20,2)25(23)13-16-29(24,26)3/h4-8,11,14,17,22-25,32H,9-10,12-13,15-16,18H2,1-3H3/t22-,23-,24-,25-,28-,29-/m0/s1. The largest absolute Gasteiger partial charge is 0.393 e. The van der Waals surface area contributed by atoms with Crippen molar-refractivity contribution in [1.29, 1.82) is 0 Å². The molecule has 2 fully saturated rings. The Morgan fingerprint density at radius 3 is 2.53 bits per heavy atom. The zero-order valence-electron chi connectivity index (χ0n) is 19.7. The summed E-state index contributed by atoms with van der Waals surface area (Å²) < 4.78 is 2.03. The van der Waals surface area contributed by atoms with Crippen molar-refractivity contribution in [3.05, 3.63) is 65.5 Å². The molecule has 0 aliphatic heterocycles. The molecule has 3 nitrogen and oxygen atoms in total. The number of allylic oxidation sites excluding steroid dienone is 3. The van der Waals surface area contributed by atoms with Crippen molar-refractivity contribution < 1.29 is 5.11 Å². The van der Waals surface area contributed by atoms with Crippen LogP contribution < -0.4 is 0 Å². The molecule has 1 N–H and O–H groups in total. The highest BCUT2D eigenvalue weighted by Crippen LogP contribution is 2.66. The highest BCUT2D eigenvalue weighted by Gasteiger charge is 2.57. The number of aliphatic hydroxyl groups is 1. The number of hydrogen-bond acceptors (Lipinski definition) is 2. The molecule has 1 aromatic carbocycles. The summed E-state index contributed by atoms with van der Waals surface area (Å²) >= 11 is 0. The molecular weight excluding hydrogens is 392 g/mol. The Morgan fingerprint density at radius 1 is 0.938 bits per heavy atom. The van der Waals surface area contributed by atoms with E-state index in [1.54, 1.807) is 5.57 Å². The number of rotatable bonds is 2. The Balaban J connectivity index is 1.28. The normalized spacial score (nSPS) is 38.4. The number of aliphatic hydroxyl groups excluding tert-OH is 1. The smallest absolute Gasteiger partial charge is 0.0889 e. The van der Waals surface area contributed by atoms with E-state index in [-0.39, 0.29) is 11.5 Å². The lowest BCUT2D eigenvalue weighted by Gasteiger charge is -2.57. The van der Waals surface area contributed by atoms with Crippen LogP contribution in [-0.2, 0) is 0 Å². The minimum atomic E-state index is -0.122. The highest BCUT2D eigenvalue weighted by molar-refractivity contribution is 5.70. The quantitative estimate of drug-likeness (QED) is 0.555. The van der Waals surface area contributed by atoms with Crippen LogP contribution in [0.1, 0.15) is 70.1 Å². The molecule has 3 heteroatoms. The predicted octanol–water partition coefficient (Wildman–Crippen LogP) is 6.50. The lowest BCUT2D eigenvalue weighted by molar-refractivity contribution is -0.0238. The van der Waals surface area contributed by atoms with Gasteiger partial charge in [-0.25, -0.2) is 4.68 Å². The Labute approximate surface area is 192 Å². The van der Waals surface area contributed by atoms with E-state index < -0.39 is 0 Å². The van der Waals surface area contributed by atoms with Gasteiger partial charge in [-0.15, -0.1) is 0 Å². The maximum Gasteiger partial charge on any atom is 0.0889 e. The van der Waals surface area contributed by atoms with E-state index in [2.05, 4.69) is 69.5 Å². The topological polar surface area (TPSA) is 38.0 Å². The average Bonchev–Trinajstić information content (AvgIpc) is 3.39. The van der Waals surface area contributed by atoms with E-state index in [0.29, 0.717) is 11.3 Å². The van der Waals surface area contributed by atoms with Gasteiger partial charge in [0, 0.05) is 6.20 Å². The lowest BCUT2D eigenvalue weighted by Crippen LogP contribution is -2.49. The van der Waals surface area contributed by atoms with Gasteiger partial charge >= 0.3 is 0 Å². The van der Waals surface area contributed by atoms with Crippen LogP contribution in [0, 0.1) is 35.5 Å². The minimum absolute atomic E-state index is 0.122. The molecule has 0 amide bonds. The van der Waals surface area contributed by atoms with E-state index in [4.69, 9.17) is 5.10 Å². The van der Waals surface area contributed by atoms with Gasteiger partial charge < -0.3 is 5.11 Å². The van der Waals surface area contributed by atoms with Crippen LogP contribution in [0.25, 0.3) is 11.3 Å². The summed E-state index contributed by atoms with van der Waals surface area (Å²) in [6, 6.07) is 10.8. The third kappa shape index (κ3) is 2.93. The molecule has 0 spiro atoms. The van der Waals surface area contributed by atoms with Crippen LogP contribution in [0.5, 0.6) is 0 Å². The van der Waals surface area contributed by atoms with Crippen LogP contribution in [0.15, 0.2) is 54.3 Å². The van der Waals surface area contributed by atoms with E-state index in [1.165, 1.54) is 36.8 Å². The molecular formula is C29H36N2O. The summed E-state index contributed by atoms with van der Waals surface area (Å²) in [6.45, 7) is 7.15. The first-order chi connectivity index (χ1) is 15.4. The molecule has 0 saturated heterocycles. The van der Waals surface area contributed by atoms with Gasteiger partial charge in [0.15, 0.2) is 0 Å². The fourth-order valence-electron chi connectivity index (χ4n) is 7.92. The number of nitrogens with zero attached hydrogens (tertiary/aromatic N) is 2. The van der Waals surface area contributed by atoms with Crippen LogP contribution >= 0.6 is 0 Å². The molecule has 0 unspecified atom stereocenters. The van der Waals surface area contributed by atoms with Crippen molar-refractivity contribution in [3.8, 4) is 5.69 Å². The molecule has 1 aromatic heterocycles. The fraction of sp³-hybridized carbons (Fsp3) is 0.552. The monoisotopic (exact) mass is 428 g/mol. The van der Waals surface area contributed by atoms with Crippen molar-refractivity contribution in [2.75, 3.05) is 0 Å². The summed E-state index contributed by atoms with van der Waals surface area (Å²) in [5.74, 6) is 2.24. The Kier molecular flexibility index (Phi) is 4.60. The van der Waals surface area contributed by atoms with Gasteiger partial charge in [-0.2, -0.15) is 5.10 Å². The number of aromatic nitrogens is 2. The number of hydrogen-bond donors (Lipinski definition) is 1. The molecule has 6 atom stereocenters. The second-order valence-electron chi connectivity index (χ2n) is 11.4. The first-order valence-electron chi connectivity index (χ1n) is 12.6. The van der Waals surface area contributed by atoms with E-state index in [0.717, 1.165) is 42.5 Å². The van der Waals surface area contributed by atoms with Crippen LogP contribution in [0.2, 0.25) is 0 Å². The molecule has 4 aliphatic carbocycles. The molecule has 6 rings (SSSR count). The second-order valence-corrected chi connectivity index (χ2v) is 11.4. The summed E-state index contributed by atoms with van der Waals surface area (Å²) in [5.41, 5.74) is 7.13. The van der Waals surface area contributed by atoms with Gasteiger partial charge in [0.2, 0.25) is 0 Å². The van der Waals surface area contributed by atoms with Gasteiger partial charge in [0.1, 0.15) is 0 Å². The molecule has 0 radical (unpaired) electrons. The maximum absolute atomic E-state index is 10.3. The van der Waals surface area contributed by atoms with Crippen molar-refractivity contribution in [2.45, 2.75) is 71.8 Å². The summed E-state index contributed by atoms with van der Waals surface area (Å²) in [5, 5.41) is 15.3. The Hall–Kier alpha value is -2.13. The van der Waals surface area contributed by atoms with Crippen molar-refractivity contribution >= 4 is 5.57 Å². The lowest BCUT2D eigenvalue weighted by atomic mass is 9.47. The number of aryl methyl sites for hydroxylation is 1. The second kappa shape index (κ2) is 7.18. The van der Waals surface area contributed by atoms with Crippen molar-refractivity contribution in [1.82, 2.24) is 9.78 Å². The van der Waals surface area contributed by atoms with E-state index >= 15 is 0 Å². The maximum atomic E-state index is 10.3. The van der Waals surface area contributed by atoms with E-state index in [9.17, 15) is 5.11 Å². The number of benzene rings is 1. The average molecular weight is 429 g/mol. The SMILES string of the molecule is Cc1ccc(-n2ccc(C3=CC[C@H]4[C@@H]5CC=C6C[C@@H](O)CC[C@]6(C)[C@H]5CC[C@]34C)n2)cc1. The highest BCUT2D eigenvalue weighted by atomic mass is 16.3. The zero-order chi connectivity index (χ0) is 22.1. The van der Waals surface area contributed by atoms with Gasteiger partial charge in [-0.05, 0) is 104 Å². The Bertz CT molecular complexity index is 1090. The summed E-state index contributed by atoms with van der Waals surface area (Å²) in [7, 11) is 0. The van der Waals surface area contributed by atoms with Crippen LogP contribution in [-0.4, -0.2) is 21.0 Å². The fourth-order valence-corrected chi connectivity index (χ4v) is 7.92. The van der Waals surface area contributed by atoms with Gasteiger partial charge in [-0.3, -0.25) is 0 Å². The first-order valence-corrected chi connectivity index (χ1v) is 12.6. The Morgan fingerprint density at radius 2 is 1.72 bits per heavy atom. The van der Waals surface area contributed by atoms with Gasteiger partial charge in [0.25, 0.3) is 0 Å². The van der Waals surface area contributed by atoms with Gasteiger partial charge in [0.05, 0.1) is 17.5 Å². The third-order valence-electron chi connectivity index (χ3n) is 9.82. The van der Waals surface area contributed by atoms with Crippen molar-refractivity contribution in [3.63, 3.8) is 0 Å². The molecule has 1 heterocycles. The minimum Gasteiger partial charge on any atom is -0.393 e. The zero-order valence-corrected chi connectivity index (χ0v) is 19.7. The summed E-state index contributed by atoms with van der Waals surface area (Å²) in [6.07, 6.45) is 15.0. The van der Waals surface area contributed by atoms with Gasteiger partial charge in [-0.1, -0.05) is 49.3 Å². The molecule has 2 aromatic rings. The first kappa shape index (κ1) is 20.5. The molecule has 2 saturated carbocycles. The van der Waals surface area contributed by atoms with Crippen molar-refractivity contribution in [2.24, 2.45) is 28.6 Å². The molecule has 0 bridgehead atoms. The predicted molar refractivity (Wildman–Crippen MR) is 129 cm³/mol. The molecule has 32 heavy (non-hydrogen) atoms. The van der Waals surface area contributed by atoms with Crippen LogP contribution in [0.3, 0.4) is 0 Å².